The van der Waals surface area contributed by atoms with Crippen LogP contribution in [0.25, 0.3) is 0 Å². The number of carbonyl (C=O) groups excluding carboxylic acids is 1. The summed E-state index contributed by atoms with van der Waals surface area (Å²) in [7, 11) is 0. The van der Waals surface area contributed by atoms with Gasteiger partial charge in [-0.05, 0) is 49.2 Å². The van der Waals surface area contributed by atoms with Crippen molar-refractivity contribution >= 4 is 12.1 Å². The van der Waals surface area contributed by atoms with Gasteiger partial charge in [0.05, 0.1) is 25.0 Å². The summed E-state index contributed by atoms with van der Waals surface area (Å²) in [6.07, 6.45) is 2.36. The quantitative estimate of drug-likeness (QED) is 0.586. The smallest absolute Gasteiger partial charge is 0.274 e. The lowest BCUT2D eigenvalue weighted by atomic mass is 10.2. The Hall–Kier alpha value is -2.89. The molecule has 0 saturated heterocycles. The molecule has 0 radical (unpaired) electrons. The van der Waals surface area contributed by atoms with Crippen molar-refractivity contribution in [3.8, 4) is 11.5 Å². The van der Waals surface area contributed by atoms with Crippen molar-refractivity contribution < 1.29 is 18.7 Å². The Balaban J connectivity index is 2.06. The second kappa shape index (κ2) is 9.42. The molecule has 132 valence electrons. The highest BCUT2D eigenvalue weighted by Crippen LogP contribution is 2.28. The molecule has 0 aliphatic heterocycles. The number of hydrogen-bond donors (Lipinski definition) is 1. The molecule has 2 aromatic carbocycles. The number of nitrogens with one attached hydrogen (secondary N) is 1. The van der Waals surface area contributed by atoms with Crippen LogP contribution < -0.4 is 14.9 Å². The Morgan fingerprint density at radius 3 is 2.68 bits per heavy atom. The summed E-state index contributed by atoms with van der Waals surface area (Å²) in [5.74, 6) is 0.0742. The topological polar surface area (TPSA) is 59.9 Å². The predicted octanol–water partition coefficient (Wildman–Crippen LogP) is 3.78. The molecular weight excluding hydrogens is 323 g/mol. The van der Waals surface area contributed by atoms with E-state index in [1.807, 2.05) is 13.8 Å². The maximum absolute atomic E-state index is 13.5. The van der Waals surface area contributed by atoms with Gasteiger partial charge in [-0.3, -0.25) is 4.79 Å². The highest BCUT2D eigenvalue weighted by Gasteiger charge is 2.09. The average molecular weight is 344 g/mol. The SMILES string of the molecule is CCCOc1ccc(/C=N\NC(=O)c2ccccc2F)cc1OCC. The van der Waals surface area contributed by atoms with Gasteiger partial charge < -0.3 is 9.47 Å². The molecule has 0 saturated carbocycles. The van der Waals surface area contributed by atoms with Gasteiger partial charge in [0.1, 0.15) is 5.82 Å². The van der Waals surface area contributed by atoms with Gasteiger partial charge in [-0.25, -0.2) is 9.82 Å². The molecule has 6 heteroatoms. The lowest BCUT2D eigenvalue weighted by molar-refractivity contribution is 0.0951. The first-order valence-corrected chi connectivity index (χ1v) is 8.13. The van der Waals surface area contributed by atoms with Crippen molar-refractivity contribution in [3.63, 3.8) is 0 Å². The van der Waals surface area contributed by atoms with Crippen molar-refractivity contribution in [2.75, 3.05) is 13.2 Å². The van der Waals surface area contributed by atoms with Gasteiger partial charge in [0.15, 0.2) is 11.5 Å². The fraction of sp³-hybridized carbons (Fsp3) is 0.263. The molecule has 0 unspecified atom stereocenters. The number of nitrogens with zero attached hydrogens (tertiary/aromatic N) is 1. The molecule has 5 nitrogen and oxygen atoms in total. The standard InChI is InChI=1S/C19H21FN2O3/c1-3-11-25-17-10-9-14(12-18(17)24-4-2)13-21-22-19(23)15-7-5-6-8-16(15)20/h5-10,12-13H,3-4,11H2,1-2H3,(H,22,23)/b21-13-. The molecule has 2 aromatic rings. The minimum Gasteiger partial charge on any atom is -0.490 e. The Bertz CT molecular complexity index is 747. The normalized spacial score (nSPS) is 10.7. The Kier molecular flexibility index (Phi) is 6.95. The Morgan fingerprint density at radius 1 is 1.16 bits per heavy atom. The molecular formula is C19H21FN2O3. The van der Waals surface area contributed by atoms with Gasteiger partial charge in [-0.1, -0.05) is 19.1 Å². The molecule has 0 aliphatic carbocycles. The van der Waals surface area contributed by atoms with Crippen LogP contribution in [-0.4, -0.2) is 25.3 Å². The van der Waals surface area contributed by atoms with E-state index in [1.54, 1.807) is 24.3 Å². The van der Waals surface area contributed by atoms with Crippen LogP contribution in [0.2, 0.25) is 0 Å². The molecule has 0 aliphatic rings. The van der Waals surface area contributed by atoms with E-state index in [-0.39, 0.29) is 5.56 Å². The maximum atomic E-state index is 13.5. The van der Waals surface area contributed by atoms with Crippen LogP contribution in [0.4, 0.5) is 4.39 Å². The van der Waals surface area contributed by atoms with Gasteiger partial charge >= 0.3 is 0 Å². The summed E-state index contributed by atoms with van der Waals surface area (Å²) in [5, 5.41) is 3.86. The second-order valence-electron chi connectivity index (χ2n) is 5.17. The van der Waals surface area contributed by atoms with Crippen LogP contribution in [0.5, 0.6) is 11.5 Å². The van der Waals surface area contributed by atoms with Crippen LogP contribution in [-0.2, 0) is 0 Å². The third kappa shape index (κ3) is 5.31. The third-order valence-electron chi connectivity index (χ3n) is 3.23. The largest absolute Gasteiger partial charge is 0.490 e. The van der Waals surface area contributed by atoms with E-state index >= 15 is 0 Å². The molecule has 1 amide bonds. The summed E-state index contributed by atoms with van der Waals surface area (Å²) < 4.78 is 24.7. The number of hydrazone groups is 1. The number of carbonyl (C=O) groups is 1. The molecule has 0 bridgehead atoms. The van der Waals surface area contributed by atoms with Crippen molar-refractivity contribution in [1.82, 2.24) is 5.43 Å². The molecule has 0 aromatic heterocycles. The first kappa shape index (κ1) is 18.4. The van der Waals surface area contributed by atoms with E-state index in [4.69, 9.17) is 9.47 Å². The van der Waals surface area contributed by atoms with Crippen LogP contribution in [0.15, 0.2) is 47.6 Å². The number of halogens is 1. The molecule has 0 fully saturated rings. The monoisotopic (exact) mass is 344 g/mol. The van der Waals surface area contributed by atoms with Gasteiger partial charge in [-0.15, -0.1) is 0 Å². The number of hydrogen-bond acceptors (Lipinski definition) is 4. The van der Waals surface area contributed by atoms with Crippen molar-refractivity contribution in [3.05, 3.63) is 59.4 Å². The summed E-state index contributed by atoms with van der Waals surface area (Å²) in [5.41, 5.74) is 2.97. The van der Waals surface area contributed by atoms with Gasteiger partial charge in [0.25, 0.3) is 5.91 Å². The van der Waals surface area contributed by atoms with E-state index in [9.17, 15) is 9.18 Å². The first-order valence-electron chi connectivity index (χ1n) is 8.13. The van der Waals surface area contributed by atoms with E-state index in [1.165, 1.54) is 24.4 Å². The fourth-order valence-corrected chi connectivity index (χ4v) is 2.08. The Morgan fingerprint density at radius 2 is 1.96 bits per heavy atom. The lowest BCUT2D eigenvalue weighted by Gasteiger charge is -2.11. The fourth-order valence-electron chi connectivity index (χ4n) is 2.08. The van der Waals surface area contributed by atoms with E-state index < -0.39 is 11.7 Å². The van der Waals surface area contributed by atoms with Crippen molar-refractivity contribution in [1.29, 1.82) is 0 Å². The van der Waals surface area contributed by atoms with Crippen molar-refractivity contribution in [2.24, 2.45) is 5.10 Å². The molecule has 0 atom stereocenters. The number of amides is 1. The minimum atomic E-state index is -0.609. The van der Waals surface area contributed by atoms with E-state index in [0.29, 0.717) is 24.7 Å². The highest BCUT2D eigenvalue weighted by molar-refractivity contribution is 5.95. The molecule has 25 heavy (non-hydrogen) atoms. The highest BCUT2D eigenvalue weighted by atomic mass is 19.1. The summed E-state index contributed by atoms with van der Waals surface area (Å²) in [6, 6.07) is 11.1. The van der Waals surface area contributed by atoms with Gasteiger partial charge in [-0.2, -0.15) is 5.10 Å². The summed E-state index contributed by atoms with van der Waals surface area (Å²) >= 11 is 0. The molecule has 0 spiro atoms. The Labute approximate surface area is 146 Å². The number of benzene rings is 2. The van der Waals surface area contributed by atoms with Crippen molar-refractivity contribution in [2.45, 2.75) is 20.3 Å². The van der Waals surface area contributed by atoms with Crippen LogP contribution in [0.1, 0.15) is 36.2 Å². The zero-order valence-electron chi connectivity index (χ0n) is 14.3. The lowest BCUT2D eigenvalue weighted by Crippen LogP contribution is -2.18. The van der Waals surface area contributed by atoms with Crippen LogP contribution in [0.3, 0.4) is 0 Å². The van der Waals surface area contributed by atoms with Crippen LogP contribution >= 0.6 is 0 Å². The number of ether oxygens (including phenoxy) is 2. The maximum Gasteiger partial charge on any atom is 0.274 e. The molecule has 0 heterocycles. The summed E-state index contributed by atoms with van der Waals surface area (Å²) in [4.78, 5) is 11.9. The predicted molar refractivity (Wildman–Crippen MR) is 94.9 cm³/mol. The molecule has 1 N–H and O–H groups in total. The minimum absolute atomic E-state index is 0.0574. The number of rotatable bonds is 8. The average Bonchev–Trinajstić information content (AvgIpc) is 2.61. The van der Waals surface area contributed by atoms with Crippen LogP contribution in [0, 0.1) is 5.82 Å². The van der Waals surface area contributed by atoms with E-state index in [0.717, 1.165) is 12.0 Å². The van der Waals surface area contributed by atoms with Gasteiger partial charge in [0.2, 0.25) is 0 Å². The third-order valence-corrected chi connectivity index (χ3v) is 3.23. The van der Waals surface area contributed by atoms with Gasteiger partial charge in [0, 0.05) is 0 Å². The summed E-state index contributed by atoms with van der Waals surface area (Å²) in [6.45, 7) is 5.03. The molecule has 2 rings (SSSR count). The van der Waals surface area contributed by atoms with E-state index in [2.05, 4.69) is 10.5 Å². The second-order valence-corrected chi connectivity index (χ2v) is 5.17. The zero-order chi connectivity index (χ0) is 18.1. The first-order chi connectivity index (χ1) is 12.2. The zero-order valence-corrected chi connectivity index (χ0v) is 14.3.